The Morgan fingerprint density at radius 2 is 2.26 bits per heavy atom. The molecule has 2 aromatic heterocycles. The summed E-state index contributed by atoms with van der Waals surface area (Å²) in [6, 6.07) is 0. The summed E-state index contributed by atoms with van der Waals surface area (Å²) in [4.78, 5) is 21.3. The molecule has 0 radical (unpaired) electrons. The Labute approximate surface area is 118 Å². The Bertz CT molecular complexity index is 637. The quantitative estimate of drug-likeness (QED) is 0.848. The van der Waals surface area contributed by atoms with Crippen molar-refractivity contribution in [3.8, 4) is 11.8 Å². The van der Waals surface area contributed by atoms with E-state index in [0.29, 0.717) is 16.4 Å². The molecular weight excluding hydrogens is 282 g/mol. The number of nitrogens with one attached hydrogen (secondary N) is 1. The zero-order valence-corrected chi connectivity index (χ0v) is 11.8. The van der Waals surface area contributed by atoms with Crippen molar-refractivity contribution in [1.29, 1.82) is 0 Å². The van der Waals surface area contributed by atoms with Crippen LogP contribution >= 0.6 is 22.7 Å². The molecule has 0 unspecified atom stereocenters. The van der Waals surface area contributed by atoms with E-state index in [9.17, 15) is 4.79 Å². The molecule has 0 fully saturated rings. The van der Waals surface area contributed by atoms with Gasteiger partial charge < -0.3 is 5.11 Å². The summed E-state index contributed by atoms with van der Waals surface area (Å²) in [7, 11) is 0. The fourth-order valence-corrected chi connectivity index (χ4v) is 2.58. The van der Waals surface area contributed by atoms with Gasteiger partial charge in [-0.05, 0) is 6.92 Å². The molecule has 2 rings (SSSR count). The number of rotatable bonds is 3. The maximum Gasteiger partial charge on any atom is 0.269 e. The first kappa shape index (κ1) is 13.7. The van der Waals surface area contributed by atoms with Crippen molar-refractivity contribution in [2.75, 3.05) is 11.9 Å². The van der Waals surface area contributed by atoms with Crippen molar-refractivity contribution in [2.24, 2.45) is 0 Å². The van der Waals surface area contributed by atoms with Crippen LogP contribution in [-0.2, 0) is 0 Å². The summed E-state index contributed by atoms with van der Waals surface area (Å²) >= 11 is 2.64. The fourth-order valence-electron chi connectivity index (χ4n) is 1.22. The van der Waals surface area contributed by atoms with Crippen LogP contribution in [0.15, 0.2) is 12.4 Å². The minimum atomic E-state index is -0.213. The SMILES string of the molecule is Cc1ncc(C(=O)Nc2ncc(C#CCCO)s2)s1. The average molecular weight is 293 g/mol. The van der Waals surface area contributed by atoms with E-state index in [0.717, 1.165) is 9.88 Å². The number of aliphatic hydroxyl groups excluding tert-OH is 1. The average Bonchev–Trinajstić information content (AvgIpc) is 2.99. The molecule has 5 nitrogen and oxygen atoms in total. The Morgan fingerprint density at radius 1 is 1.42 bits per heavy atom. The van der Waals surface area contributed by atoms with E-state index in [1.807, 2.05) is 6.92 Å². The highest BCUT2D eigenvalue weighted by Crippen LogP contribution is 2.19. The number of aromatic nitrogens is 2. The summed E-state index contributed by atoms with van der Waals surface area (Å²) < 4.78 is 0. The number of carbonyl (C=O) groups excluding carboxylic acids is 1. The van der Waals surface area contributed by atoms with Crippen molar-refractivity contribution in [2.45, 2.75) is 13.3 Å². The predicted octanol–water partition coefficient (Wildman–Crippen LogP) is 1.89. The number of carbonyl (C=O) groups is 1. The number of hydrogen-bond donors (Lipinski definition) is 2. The van der Waals surface area contributed by atoms with Crippen molar-refractivity contribution in [3.05, 3.63) is 27.2 Å². The molecule has 0 spiro atoms. The van der Waals surface area contributed by atoms with Crippen molar-refractivity contribution < 1.29 is 9.90 Å². The minimum Gasteiger partial charge on any atom is -0.395 e. The van der Waals surface area contributed by atoms with Crippen LogP contribution in [-0.4, -0.2) is 27.6 Å². The Balaban J connectivity index is 2.00. The van der Waals surface area contributed by atoms with Gasteiger partial charge in [-0.15, -0.1) is 11.3 Å². The lowest BCUT2D eigenvalue weighted by Gasteiger charge is -1.96. The number of anilines is 1. The molecule has 0 aliphatic heterocycles. The zero-order chi connectivity index (χ0) is 13.7. The maximum absolute atomic E-state index is 11.9. The van der Waals surface area contributed by atoms with Crippen LogP contribution < -0.4 is 5.32 Å². The molecular formula is C12H11N3O2S2. The second-order valence-electron chi connectivity index (χ2n) is 3.50. The van der Waals surface area contributed by atoms with Gasteiger partial charge in [0.05, 0.1) is 28.9 Å². The Morgan fingerprint density at radius 3 is 2.95 bits per heavy atom. The van der Waals surface area contributed by atoms with Crippen molar-refractivity contribution >= 4 is 33.7 Å². The van der Waals surface area contributed by atoms with Gasteiger partial charge >= 0.3 is 0 Å². The zero-order valence-electron chi connectivity index (χ0n) is 10.1. The number of aliphatic hydroxyl groups is 1. The molecule has 1 amide bonds. The molecule has 0 aromatic carbocycles. The second-order valence-corrected chi connectivity index (χ2v) is 5.77. The molecule has 2 N–H and O–H groups in total. The van der Waals surface area contributed by atoms with Crippen molar-refractivity contribution in [3.63, 3.8) is 0 Å². The van der Waals surface area contributed by atoms with Crippen LogP contribution in [0.25, 0.3) is 0 Å². The van der Waals surface area contributed by atoms with Gasteiger partial charge in [-0.25, -0.2) is 9.97 Å². The number of hydrogen-bond acceptors (Lipinski definition) is 6. The molecule has 98 valence electrons. The second kappa shape index (κ2) is 6.43. The molecule has 0 atom stereocenters. The lowest BCUT2D eigenvalue weighted by atomic mass is 10.4. The third-order valence-electron chi connectivity index (χ3n) is 2.02. The number of thiazole rings is 2. The third kappa shape index (κ3) is 3.86. The first-order valence-electron chi connectivity index (χ1n) is 5.48. The summed E-state index contributed by atoms with van der Waals surface area (Å²) in [5, 5.41) is 12.7. The van der Waals surface area contributed by atoms with Crippen LogP contribution in [0.1, 0.15) is 26.0 Å². The van der Waals surface area contributed by atoms with Gasteiger partial charge in [0.2, 0.25) is 0 Å². The summed E-state index contributed by atoms with van der Waals surface area (Å²) in [5.41, 5.74) is 0. The first-order valence-corrected chi connectivity index (χ1v) is 7.11. The molecule has 7 heteroatoms. The molecule has 0 saturated carbocycles. The maximum atomic E-state index is 11.9. The molecule has 2 heterocycles. The molecule has 0 aliphatic carbocycles. The number of amides is 1. The van der Waals surface area contributed by atoms with Gasteiger partial charge in [-0.3, -0.25) is 10.1 Å². The van der Waals surface area contributed by atoms with Gasteiger partial charge in [0.15, 0.2) is 5.13 Å². The van der Waals surface area contributed by atoms with E-state index in [2.05, 4.69) is 27.1 Å². The monoisotopic (exact) mass is 293 g/mol. The van der Waals surface area contributed by atoms with Gasteiger partial charge in [0, 0.05) is 6.42 Å². The number of aryl methyl sites for hydroxylation is 1. The molecule has 0 bridgehead atoms. The largest absolute Gasteiger partial charge is 0.395 e. The molecule has 0 aliphatic rings. The highest BCUT2D eigenvalue weighted by Gasteiger charge is 2.11. The Hall–Kier alpha value is -1.75. The summed E-state index contributed by atoms with van der Waals surface area (Å²) in [6.07, 6.45) is 3.58. The van der Waals surface area contributed by atoms with Gasteiger partial charge in [-0.2, -0.15) is 0 Å². The molecule has 0 saturated heterocycles. The van der Waals surface area contributed by atoms with Crippen molar-refractivity contribution in [1.82, 2.24) is 9.97 Å². The highest BCUT2D eigenvalue weighted by atomic mass is 32.1. The smallest absolute Gasteiger partial charge is 0.269 e. The van der Waals surface area contributed by atoms with Gasteiger partial charge in [-0.1, -0.05) is 23.2 Å². The van der Waals surface area contributed by atoms with E-state index in [1.165, 1.54) is 22.7 Å². The van der Waals surface area contributed by atoms with Crippen LogP contribution in [0.2, 0.25) is 0 Å². The van der Waals surface area contributed by atoms with Gasteiger partial charge in [0.25, 0.3) is 5.91 Å². The summed E-state index contributed by atoms with van der Waals surface area (Å²) in [6.45, 7) is 1.89. The molecule has 2 aromatic rings. The lowest BCUT2D eigenvalue weighted by Crippen LogP contribution is -2.09. The van der Waals surface area contributed by atoms with E-state index < -0.39 is 0 Å². The summed E-state index contributed by atoms with van der Waals surface area (Å²) in [5.74, 6) is 5.46. The van der Waals surface area contributed by atoms with Gasteiger partial charge in [0.1, 0.15) is 4.88 Å². The Kier molecular flexibility index (Phi) is 4.63. The fraction of sp³-hybridized carbons (Fsp3) is 0.250. The number of nitrogens with zero attached hydrogens (tertiary/aromatic N) is 2. The van der Waals surface area contributed by atoms with E-state index in [-0.39, 0.29) is 12.5 Å². The third-order valence-corrected chi connectivity index (χ3v) is 3.76. The van der Waals surface area contributed by atoms with Crippen LogP contribution in [0.3, 0.4) is 0 Å². The minimum absolute atomic E-state index is 0.0418. The van der Waals surface area contributed by atoms with E-state index in [1.54, 1.807) is 12.4 Å². The van der Waals surface area contributed by atoms with Crippen LogP contribution in [0.4, 0.5) is 5.13 Å². The predicted molar refractivity (Wildman–Crippen MR) is 75.5 cm³/mol. The highest BCUT2D eigenvalue weighted by molar-refractivity contribution is 7.16. The lowest BCUT2D eigenvalue weighted by molar-refractivity contribution is 0.103. The standard InChI is InChI=1S/C12H11N3O2S2/c1-8-13-7-10(18-8)11(17)15-12-14-6-9(19-12)4-2-3-5-16/h6-7,16H,3,5H2,1H3,(H,14,15,17). The van der Waals surface area contributed by atoms with E-state index in [4.69, 9.17) is 5.11 Å². The normalized spacial score (nSPS) is 9.79. The first-order chi connectivity index (χ1) is 9.19. The van der Waals surface area contributed by atoms with Crippen LogP contribution in [0.5, 0.6) is 0 Å². The topological polar surface area (TPSA) is 75.1 Å². The molecule has 19 heavy (non-hydrogen) atoms. The van der Waals surface area contributed by atoms with E-state index >= 15 is 0 Å². The van der Waals surface area contributed by atoms with Crippen LogP contribution in [0, 0.1) is 18.8 Å².